The zero-order valence-corrected chi connectivity index (χ0v) is 16.8. The summed E-state index contributed by atoms with van der Waals surface area (Å²) in [6.45, 7) is 3.76. The molecule has 1 N–H and O–H groups in total. The van der Waals surface area contributed by atoms with Crippen LogP contribution in [-0.2, 0) is 11.2 Å². The van der Waals surface area contributed by atoms with Gasteiger partial charge in [-0.15, -0.1) is 10.2 Å². The van der Waals surface area contributed by atoms with Gasteiger partial charge in [-0.25, -0.2) is 0 Å². The monoisotopic (exact) mass is 401 g/mol. The molecule has 4 rings (SSSR count). The van der Waals surface area contributed by atoms with E-state index >= 15 is 0 Å². The molecule has 0 fully saturated rings. The van der Waals surface area contributed by atoms with E-state index in [1.54, 1.807) is 36.7 Å². The first-order valence-corrected chi connectivity index (χ1v) is 9.35. The van der Waals surface area contributed by atoms with E-state index in [4.69, 9.17) is 0 Å². The number of nitrogens with one attached hydrogen (secondary N) is 1. The van der Waals surface area contributed by atoms with Crippen molar-refractivity contribution in [1.82, 2.24) is 20.1 Å². The Morgan fingerprint density at radius 2 is 1.80 bits per heavy atom. The maximum atomic E-state index is 12.6. The standard InChI is InChI=1S/C22H19N5O3/c1-12-6-14(20-16(8-12)21(29)27(3)22(20)30)9-19(28)24-18-5-4-17(25-26-18)15-7-13(2)10-23-11-15/h4-8,10-11H,9H2,1-3H3,(H,24,26,28). The van der Waals surface area contributed by atoms with Crippen LogP contribution in [0.3, 0.4) is 0 Å². The minimum atomic E-state index is -0.395. The van der Waals surface area contributed by atoms with Crippen LogP contribution in [0.5, 0.6) is 0 Å². The predicted molar refractivity (Wildman–Crippen MR) is 110 cm³/mol. The quantitative estimate of drug-likeness (QED) is 0.674. The number of fused-ring (bicyclic) bond motifs is 1. The van der Waals surface area contributed by atoms with Crippen molar-refractivity contribution in [3.63, 3.8) is 0 Å². The van der Waals surface area contributed by atoms with Crippen LogP contribution in [-0.4, -0.2) is 44.9 Å². The summed E-state index contributed by atoms with van der Waals surface area (Å²) < 4.78 is 0. The number of carbonyl (C=O) groups is 3. The van der Waals surface area contributed by atoms with Gasteiger partial charge in [-0.05, 0) is 54.8 Å². The number of nitrogens with zero attached hydrogens (tertiary/aromatic N) is 4. The number of aromatic nitrogens is 3. The van der Waals surface area contributed by atoms with Crippen molar-refractivity contribution in [2.24, 2.45) is 0 Å². The van der Waals surface area contributed by atoms with Crippen LogP contribution in [0.4, 0.5) is 5.82 Å². The average Bonchev–Trinajstić information content (AvgIpc) is 2.92. The second kappa shape index (κ2) is 7.47. The number of amides is 3. The fraction of sp³-hybridized carbons (Fsp3) is 0.182. The summed E-state index contributed by atoms with van der Waals surface area (Å²) in [5, 5.41) is 10.9. The molecule has 1 aromatic carbocycles. The number of rotatable bonds is 4. The van der Waals surface area contributed by atoms with Gasteiger partial charge < -0.3 is 5.32 Å². The van der Waals surface area contributed by atoms with Crippen molar-refractivity contribution in [2.75, 3.05) is 12.4 Å². The van der Waals surface area contributed by atoms with Gasteiger partial charge in [0.05, 0.1) is 23.2 Å². The van der Waals surface area contributed by atoms with Gasteiger partial charge in [0.25, 0.3) is 11.8 Å². The van der Waals surface area contributed by atoms with Crippen LogP contribution < -0.4 is 5.32 Å². The molecule has 8 heteroatoms. The molecule has 0 saturated carbocycles. The third-order valence-electron chi connectivity index (χ3n) is 4.87. The van der Waals surface area contributed by atoms with E-state index < -0.39 is 5.91 Å². The summed E-state index contributed by atoms with van der Waals surface area (Å²) >= 11 is 0. The van der Waals surface area contributed by atoms with Crippen molar-refractivity contribution >= 4 is 23.5 Å². The minimum Gasteiger partial charge on any atom is -0.309 e. The lowest BCUT2D eigenvalue weighted by molar-refractivity contribution is -0.115. The van der Waals surface area contributed by atoms with Crippen molar-refractivity contribution in [1.29, 1.82) is 0 Å². The topological polar surface area (TPSA) is 105 Å². The number of hydrogen-bond acceptors (Lipinski definition) is 6. The lowest BCUT2D eigenvalue weighted by Crippen LogP contribution is -2.25. The molecule has 3 heterocycles. The van der Waals surface area contributed by atoms with Crippen LogP contribution in [0, 0.1) is 13.8 Å². The van der Waals surface area contributed by atoms with Crippen molar-refractivity contribution in [2.45, 2.75) is 20.3 Å². The van der Waals surface area contributed by atoms with Gasteiger partial charge in [-0.3, -0.25) is 24.3 Å². The van der Waals surface area contributed by atoms with E-state index in [9.17, 15) is 14.4 Å². The Bertz CT molecular complexity index is 1190. The molecule has 0 bridgehead atoms. The van der Waals surface area contributed by atoms with Crippen LogP contribution >= 0.6 is 0 Å². The summed E-state index contributed by atoms with van der Waals surface area (Å²) in [5.41, 5.74) is 4.44. The van der Waals surface area contributed by atoms with Crippen LogP contribution in [0.2, 0.25) is 0 Å². The molecule has 150 valence electrons. The normalized spacial score (nSPS) is 12.8. The van der Waals surface area contributed by atoms with Crippen LogP contribution in [0.25, 0.3) is 11.3 Å². The van der Waals surface area contributed by atoms with E-state index in [1.165, 1.54) is 7.05 Å². The first-order valence-electron chi connectivity index (χ1n) is 9.35. The second-order valence-electron chi connectivity index (χ2n) is 7.30. The Morgan fingerprint density at radius 3 is 2.50 bits per heavy atom. The highest BCUT2D eigenvalue weighted by Gasteiger charge is 2.35. The van der Waals surface area contributed by atoms with Gasteiger partial charge in [0.2, 0.25) is 5.91 Å². The van der Waals surface area contributed by atoms with Gasteiger partial charge >= 0.3 is 0 Å². The molecule has 0 radical (unpaired) electrons. The molecule has 0 aliphatic carbocycles. The van der Waals surface area contributed by atoms with Gasteiger partial charge in [0.1, 0.15) is 0 Å². The first-order chi connectivity index (χ1) is 14.3. The molecule has 0 unspecified atom stereocenters. The molecule has 30 heavy (non-hydrogen) atoms. The number of anilines is 1. The number of benzene rings is 1. The van der Waals surface area contributed by atoms with E-state index in [2.05, 4.69) is 20.5 Å². The molecule has 0 spiro atoms. The van der Waals surface area contributed by atoms with Gasteiger partial charge in [0.15, 0.2) is 5.82 Å². The van der Waals surface area contributed by atoms with E-state index in [0.717, 1.165) is 21.6 Å². The Hall–Kier alpha value is -3.94. The molecule has 1 aliphatic heterocycles. The Morgan fingerprint density at radius 1 is 1.00 bits per heavy atom. The van der Waals surface area contributed by atoms with Gasteiger partial charge in [-0.2, -0.15) is 0 Å². The molecule has 8 nitrogen and oxygen atoms in total. The zero-order chi connectivity index (χ0) is 21.4. The molecule has 2 aromatic heterocycles. The smallest absolute Gasteiger partial charge is 0.261 e. The van der Waals surface area contributed by atoms with E-state index in [-0.39, 0.29) is 23.8 Å². The number of carbonyl (C=O) groups excluding carboxylic acids is 3. The van der Waals surface area contributed by atoms with Gasteiger partial charge in [-0.1, -0.05) is 6.07 Å². The highest BCUT2D eigenvalue weighted by atomic mass is 16.2. The number of aryl methyl sites for hydroxylation is 2. The summed E-state index contributed by atoms with van der Waals surface area (Å²) in [7, 11) is 1.44. The van der Waals surface area contributed by atoms with Gasteiger partial charge in [0, 0.05) is 25.0 Å². The molecule has 0 atom stereocenters. The number of imide groups is 1. The number of hydrogen-bond donors (Lipinski definition) is 1. The highest BCUT2D eigenvalue weighted by molar-refractivity contribution is 6.22. The fourth-order valence-electron chi connectivity index (χ4n) is 3.47. The van der Waals surface area contributed by atoms with Crippen LogP contribution in [0.1, 0.15) is 37.4 Å². The van der Waals surface area contributed by atoms with Crippen LogP contribution in [0.15, 0.2) is 42.7 Å². The summed E-state index contributed by atoms with van der Waals surface area (Å²) in [6.07, 6.45) is 3.40. The largest absolute Gasteiger partial charge is 0.309 e. The maximum absolute atomic E-state index is 12.6. The van der Waals surface area contributed by atoms with E-state index in [1.807, 2.05) is 19.9 Å². The summed E-state index contributed by atoms with van der Waals surface area (Å²) in [6, 6.07) is 8.78. The Labute approximate surface area is 173 Å². The highest BCUT2D eigenvalue weighted by Crippen LogP contribution is 2.27. The lowest BCUT2D eigenvalue weighted by Gasteiger charge is -2.09. The van der Waals surface area contributed by atoms with Crippen molar-refractivity contribution < 1.29 is 14.4 Å². The second-order valence-corrected chi connectivity index (χ2v) is 7.30. The summed E-state index contributed by atoms with van der Waals surface area (Å²) in [4.78, 5) is 42.4. The molecular weight excluding hydrogens is 382 g/mol. The third kappa shape index (κ3) is 3.55. The Kier molecular flexibility index (Phi) is 4.83. The lowest BCUT2D eigenvalue weighted by atomic mass is 9.97. The van der Waals surface area contributed by atoms with Crippen molar-refractivity contribution in [3.05, 3.63) is 70.5 Å². The number of pyridine rings is 1. The van der Waals surface area contributed by atoms with E-state index in [0.29, 0.717) is 22.6 Å². The van der Waals surface area contributed by atoms with Crippen molar-refractivity contribution in [3.8, 4) is 11.3 Å². The molecule has 0 saturated heterocycles. The Balaban J connectivity index is 1.52. The molecule has 3 aromatic rings. The fourth-order valence-corrected chi connectivity index (χ4v) is 3.47. The SMILES string of the molecule is Cc1cncc(-c2ccc(NC(=O)Cc3cc(C)cc4c3C(=O)N(C)C4=O)nn2)c1. The summed E-state index contributed by atoms with van der Waals surface area (Å²) in [5.74, 6) is -0.800. The molecule has 1 aliphatic rings. The average molecular weight is 401 g/mol. The minimum absolute atomic E-state index is 0.0535. The maximum Gasteiger partial charge on any atom is 0.261 e. The molecular formula is C22H19N5O3. The molecule has 3 amide bonds. The first kappa shape index (κ1) is 19.4. The zero-order valence-electron chi connectivity index (χ0n) is 16.8. The predicted octanol–water partition coefficient (Wildman–Crippen LogP) is 2.56. The third-order valence-corrected chi connectivity index (χ3v) is 4.87.